The molecule has 1 fully saturated rings. The highest BCUT2D eigenvalue weighted by Crippen LogP contribution is 2.38. The Kier molecular flexibility index (Phi) is 7.62. The highest BCUT2D eigenvalue weighted by atomic mass is 19.1. The molecule has 1 aliphatic rings. The lowest BCUT2D eigenvalue weighted by Gasteiger charge is -2.39. The van der Waals surface area contributed by atoms with Crippen LogP contribution in [0.1, 0.15) is 54.2 Å². The molecule has 0 radical (unpaired) electrons. The van der Waals surface area contributed by atoms with Crippen molar-refractivity contribution in [3.63, 3.8) is 0 Å². The summed E-state index contributed by atoms with van der Waals surface area (Å²) in [6.45, 7) is 4.67. The number of ether oxygens (including phenoxy) is 1. The van der Waals surface area contributed by atoms with E-state index in [-0.39, 0.29) is 36.1 Å². The number of nitrogens with two attached hydrogens (primary N) is 1. The number of ketones is 1. The summed E-state index contributed by atoms with van der Waals surface area (Å²) >= 11 is 0. The van der Waals surface area contributed by atoms with Gasteiger partial charge in [0.2, 0.25) is 0 Å². The number of benzene rings is 1. The molecule has 2 heterocycles. The molecule has 4 rings (SSSR count). The van der Waals surface area contributed by atoms with E-state index in [1.54, 1.807) is 12.4 Å². The summed E-state index contributed by atoms with van der Waals surface area (Å²) in [5.41, 5.74) is 6.91. The summed E-state index contributed by atoms with van der Waals surface area (Å²) in [6.07, 6.45) is 4.85. The maximum absolute atomic E-state index is 14.4. The molecular formula is C27H28F3N3O2. The van der Waals surface area contributed by atoms with Gasteiger partial charge in [-0.25, -0.2) is 18.2 Å². The second-order valence-electron chi connectivity index (χ2n) is 9.03. The summed E-state index contributed by atoms with van der Waals surface area (Å²) < 4.78 is 48.7. The number of aromatic nitrogens is 2. The van der Waals surface area contributed by atoms with Gasteiger partial charge >= 0.3 is 0 Å². The van der Waals surface area contributed by atoms with E-state index in [2.05, 4.69) is 16.9 Å². The first-order valence-electron chi connectivity index (χ1n) is 11.7. The van der Waals surface area contributed by atoms with E-state index in [1.165, 1.54) is 12.1 Å². The van der Waals surface area contributed by atoms with Gasteiger partial charge in [-0.2, -0.15) is 0 Å². The predicted octanol–water partition coefficient (Wildman–Crippen LogP) is 5.23. The summed E-state index contributed by atoms with van der Waals surface area (Å²) in [5, 5.41) is 0. The highest BCUT2D eigenvalue weighted by Gasteiger charge is 2.35. The molecule has 1 aliphatic carbocycles. The normalized spacial score (nSPS) is 22.2. The highest BCUT2D eigenvalue weighted by molar-refractivity contribution is 5.96. The SMILES string of the molecule is CCO[C@@H]1[C@H](N)C[C@H](c2ccncc2CC(=O)c2ccc(F)c(-c3c(F)cccc3F)n2)C[C@@H]1C. The summed E-state index contributed by atoms with van der Waals surface area (Å²) in [6, 6.07) is 7.20. The molecule has 5 nitrogen and oxygen atoms in total. The van der Waals surface area contributed by atoms with Crippen LogP contribution in [0.25, 0.3) is 11.3 Å². The second kappa shape index (κ2) is 10.7. The van der Waals surface area contributed by atoms with Gasteiger partial charge in [-0.1, -0.05) is 13.0 Å². The van der Waals surface area contributed by atoms with Gasteiger partial charge < -0.3 is 10.5 Å². The first kappa shape index (κ1) is 25.0. The Morgan fingerprint density at radius 1 is 1.09 bits per heavy atom. The Balaban J connectivity index is 1.60. The van der Waals surface area contributed by atoms with Gasteiger partial charge in [0.05, 0.1) is 11.7 Å². The predicted molar refractivity (Wildman–Crippen MR) is 126 cm³/mol. The molecular weight excluding hydrogens is 455 g/mol. The van der Waals surface area contributed by atoms with E-state index in [0.717, 1.165) is 35.7 Å². The Labute approximate surface area is 202 Å². The summed E-state index contributed by atoms with van der Waals surface area (Å²) in [5.74, 6) is -2.85. The molecule has 0 saturated heterocycles. The molecule has 0 aliphatic heterocycles. The van der Waals surface area contributed by atoms with E-state index in [0.29, 0.717) is 13.0 Å². The zero-order chi connectivity index (χ0) is 25.1. The topological polar surface area (TPSA) is 78.1 Å². The lowest BCUT2D eigenvalue weighted by atomic mass is 9.73. The third-order valence-corrected chi connectivity index (χ3v) is 6.62. The molecule has 8 heteroatoms. The molecule has 3 aromatic rings. The maximum atomic E-state index is 14.4. The van der Waals surface area contributed by atoms with Gasteiger partial charge in [0.1, 0.15) is 28.8 Å². The zero-order valence-electron chi connectivity index (χ0n) is 19.7. The quantitative estimate of drug-likeness (QED) is 0.466. The van der Waals surface area contributed by atoms with Crippen molar-refractivity contribution in [2.24, 2.45) is 11.7 Å². The Hall–Kier alpha value is -3.10. The summed E-state index contributed by atoms with van der Waals surface area (Å²) in [7, 11) is 0. The van der Waals surface area contributed by atoms with E-state index >= 15 is 0 Å². The number of Topliss-reactive ketones (excluding diaryl/α,β-unsaturated/α-hetero) is 1. The van der Waals surface area contributed by atoms with Crippen LogP contribution in [0.15, 0.2) is 48.8 Å². The van der Waals surface area contributed by atoms with Crippen molar-refractivity contribution in [3.8, 4) is 11.3 Å². The molecule has 0 unspecified atom stereocenters. The van der Waals surface area contributed by atoms with Crippen LogP contribution in [0.5, 0.6) is 0 Å². The van der Waals surface area contributed by atoms with Crippen molar-refractivity contribution < 1.29 is 22.7 Å². The van der Waals surface area contributed by atoms with E-state index in [9.17, 15) is 18.0 Å². The Morgan fingerprint density at radius 2 is 1.83 bits per heavy atom. The number of rotatable bonds is 7. The van der Waals surface area contributed by atoms with Crippen LogP contribution in [0.2, 0.25) is 0 Å². The number of hydrogen-bond donors (Lipinski definition) is 1. The molecule has 35 heavy (non-hydrogen) atoms. The fraction of sp³-hybridized carbons (Fsp3) is 0.370. The van der Waals surface area contributed by atoms with Gasteiger partial charge in [-0.15, -0.1) is 0 Å². The van der Waals surface area contributed by atoms with Crippen LogP contribution in [-0.2, 0) is 11.2 Å². The molecule has 0 amide bonds. The number of halogens is 3. The fourth-order valence-corrected chi connectivity index (χ4v) is 5.04. The molecule has 2 aromatic heterocycles. The first-order chi connectivity index (χ1) is 16.8. The van der Waals surface area contributed by atoms with Crippen LogP contribution in [0, 0.1) is 23.4 Å². The number of carbonyl (C=O) groups excluding carboxylic acids is 1. The van der Waals surface area contributed by atoms with Crippen molar-refractivity contribution in [1.82, 2.24) is 9.97 Å². The van der Waals surface area contributed by atoms with Crippen LogP contribution in [0.4, 0.5) is 13.2 Å². The fourth-order valence-electron chi connectivity index (χ4n) is 5.04. The minimum atomic E-state index is -0.955. The third kappa shape index (κ3) is 5.28. The van der Waals surface area contributed by atoms with Crippen molar-refractivity contribution in [2.75, 3.05) is 6.61 Å². The van der Waals surface area contributed by atoms with Crippen molar-refractivity contribution in [3.05, 3.63) is 83.1 Å². The number of pyridine rings is 2. The average molecular weight is 484 g/mol. The lowest BCUT2D eigenvalue weighted by Crippen LogP contribution is -2.46. The summed E-state index contributed by atoms with van der Waals surface area (Å²) in [4.78, 5) is 21.3. The van der Waals surface area contributed by atoms with Gasteiger partial charge in [-0.05, 0) is 73.1 Å². The van der Waals surface area contributed by atoms with Crippen LogP contribution in [0.3, 0.4) is 0 Å². The first-order valence-corrected chi connectivity index (χ1v) is 11.7. The van der Waals surface area contributed by atoms with Crippen molar-refractivity contribution >= 4 is 5.78 Å². The smallest absolute Gasteiger partial charge is 0.185 e. The van der Waals surface area contributed by atoms with Crippen LogP contribution >= 0.6 is 0 Å². The monoisotopic (exact) mass is 483 g/mol. The molecule has 184 valence electrons. The number of hydrogen-bond acceptors (Lipinski definition) is 5. The molecule has 4 atom stereocenters. The average Bonchev–Trinajstić information content (AvgIpc) is 2.82. The number of nitrogens with zero attached hydrogens (tertiary/aromatic N) is 2. The zero-order valence-corrected chi connectivity index (χ0v) is 19.7. The number of carbonyl (C=O) groups is 1. The molecule has 1 aromatic carbocycles. The minimum Gasteiger partial charge on any atom is -0.377 e. The van der Waals surface area contributed by atoms with Gasteiger partial charge in [0.25, 0.3) is 0 Å². The minimum absolute atomic E-state index is 0.0104. The van der Waals surface area contributed by atoms with Gasteiger partial charge in [0, 0.05) is 31.5 Å². The van der Waals surface area contributed by atoms with Gasteiger partial charge in [0.15, 0.2) is 5.78 Å². The standard InChI is InChI=1S/C27H28F3N3O2/c1-3-35-27-15(2)11-16(12-22(27)31)18-9-10-32-14-17(18)13-24(34)23-8-7-21(30)26(33-23)25-19(28)5-4-6-20(25)29/h4-10,14-16,22,27H,3,11-13,31H2,1-2H3/t15-,16+,22+,27-/m0/s1. The van der Waals surface area contributed by atoms with E-state index in [4.69, 9.17) is 10.5 Å². The van der Waals surface area contributed by atoms with Crippen molar-refractivity contribution in [2.45, 2.75) is 51.2 Å². The maximum Gasteiger partial charge on any atom is 0.185 e. The van der Waals surface area contributed by atoms with Crippen LogP contribution in [-0.4, -0.2) is 34.5 Å². The second-order valence-corrected chi connectivity index (χ2v) is 9.03. The van der Waals surface area contributed by atoms with E-state index in [1.807, 2.05) is 13.0 Å². The molecule has 0 spiro atoms. The van der Waals surface area contributed by atoms with Gasteiger partial charge in [-0.3, -0.25) is 9.78 Å². The molecule has 1 saturated carbocycles. The Morgan fingerprint density at radius 3 is 2.51 bits per heavy atom. The third-order valence-electron chi connectivity index (χ3n) is 6.62. The van der Waals surface area contributed by atoms with Crippen molar-refractivity contribution in [1.29, 1.82) is 0 Å². The molecule has 2 N–H and O–H groups in total. The largest absolute Gasteiger partial charge is 0.377 e. The van der Waals surface area contributed by atoms with E-state index < -0.39 is 34.5 Å². The van der Waals surface area contributed by atoms with Crippen LogP contribution < -0.4 is 5.73 Å². The Bertz CT molecular complexity index is 1190. The lowest BCUT2D eigenvalue weighted by molar-refractivity contribution is -0.0163. The molecule has 0 bridgehead atoms.